The monoisotopic (exact) mass is 414 g/mol. The molecule has 2 bridgehead atoms. The van der Waals surface area contributed by atoms with Gasteiger partial charge >= 0.3 is 0 Å². The molecule has 2 N–H and O–H groups in total. The maximum absolute atomic E-state index is 10.0. The third kappa shape index (κ3) is 2.31. The third-order valence-electron chi connectivity index (χ3n) is 5.84. The summed E-state index contributed by atoms with van der Waals surface area (Å²) in [4.78, 5) is 0. The lowest BCUT2D eigenvalue weighted by Gasteiger charge is -2.55. The fourth-order valence-corrected chi connectivity index (χ4v) is 4.83. The number of rotatable bonds is 2. The summed E-state index contributed by atoms with van der Waals surface area (Å²) in [6.45, 7) is 7.34. The molecule has 1 aromatic rings. The van der Waals surface area contributed by atoms with Crippen LogP contribution in [-0.2, 0) is 4.74 Å². The van der Waals surface area contributed by atoms with Crippen molar-refractivity contribution in [1.29, 1.82) is 0 Å². The zero-order valence-electron chi connectivity index (χ0n) is 13.2. The van der Waals surface area contributed by atoms with E-state index in [9.17, 15) is 10.2 Å². The van der Waals surface area contributed by atoms with Crippen molar-refractivity contribution in [2.24, 2.45) is 23.2 Å². The van der Waals surface area contributed by atoms with Crippen LogP contribution in [0.1, 0.15) is 32.4 Å². The lowest BCUT2D eigenvalue weighted by Crippen LogP contribution is -2.53. The van der Waals surface area contributed by atoms with Gasteiger partial charge in [-0.05, 0) is 59.0 Å². The van der Waals surface area contributed by atoms with Crippen molar-refractivity contribution in [3.8, 4) is 5.75 Å². The molecule has 1 aromatic carbocycles. The average molecular weight is 414 g/mol. The lowest BCUT2D eigenvalue weighted by atomic mass is 9.56. The summed E-state index contributed by atoms with van der Waals surface area (Å²) in [5, 5.41) is 19.8. The highest BCUT2D eigenvalue weighted by Crippen LogP contribution is 2.56. The summed E-state index contributed by atoms with van der Waals surface area (Å²) < 4.78 is 7.09. The highest BCUT2D eigenvalue weighted by molar-refractivity contribution is 14.1. The predicted molar refractivity (Wildman–Crippen MR) is 94.6 cm³/mol. The molecule has 3 nitrogen and oxygen atoms in total. The summed E-state index contributed by atoms with van der Waals surface area (Å²) in [5.41, 5.74) is 2.27. The van der Waals surface area contributed by atoms with Gasteiger partial charge in [0.2, 0.25) is 0 Å². The molecule has 1 heterocycles. The van der Waals surface area contributed by atoms with Crippen molar-refractivity contribution in [3.63, 3.8) is 0 Å². The standard InChI is InChI=1S/C18H23IO3/c1-10-6-11(2)18(8-20)9-22-17(16(10)12(18)3)13-4-5-15(21)14(19)7-13/h4-7,11-12,16-17,20-21H,8-9H2,1-3H3. The van der Waals surface area contributed by atoms with Gasteiger partial charge in [0, 0.05) is 11.3 Å². The van der Waals surface area contributed by atoms with E-state index in [0.29, 0.717) is 24.2 Å². The third-order valence-corrected chi connectivity index (χ3v) is 6.71. The molecule has 1 saturated heterocycles. The minimum Gasteiger partial charge on any atom is -0.507 e. The van der Waals surface area contributed by atoms with Crippen LogP contribution in [-0.4, -0.2) is 23.4 Å². The molecule has 2 aliphatic rings. The van der Waals surface area contributed by atoms with E-state index >= 15 is 0 Å². The number of allylic oxidation sites excluding steroid dienone is 1. The number of phenolic OH excluding ortho intramolecular Hbond substituents is 1. The lowest BCUT2D eigenvalue weighted by molar-refractivity contribution is -0.165. The molecule has 1 fully saturated rings. The van der Waals surface area contributed by atoms with Crippen LogP contribution in [0.4, 0.5) is 0 Å². The van der Waals surface area contributed by atoms with Crippen LogP contribution in [0.2, 0.25) is 0 Å². The first-order chi connectivity index (χ1) is 10.4. The van der Waals surface area contributed by atoms with E-state index in [4.69, 9.17) is 4.74 Å². The molecule has 0 radical (unpaired) electrons. The van der Waals surface area contributed by atoms with Crippen LogP contribution in [0.3, 0.4) is 0 Å². The first kappa shape index (κ1) is 16.3. The van der Waals surface area contributed by atoms with Crippen LogP contribution in [0.15, 0.2) is 29.8 Å². The number of hydrogen-bond donors (Lipinski definition) is 2. The molecule has 0 aromatic heterocycles. The molecule has 0 saturated carbocycles. The van der Waals surface area contributed by atoms with Gasteiger partial charge in [-0.15, -0.1) is 0 Å². The molecule has 1 aliphatic carbocycles. The van der Waals surface area contributed by atoms with E-state index < -0.39 is 0 Å². The quantitative estimate of drug-likeness (QED) is 0.570. The number of halogens is 1. The fraction of sp³-hybridized carbons (Fsp3) is 0.556. The van der Waals surface area contributed by atoms with Gasteiger partial charge in [-0.3, -0.25) is 0 Å². The second-order valence-corrected chi connectivity index (χ2v) is 8.01. The Kier molecular flexibility index (Phi) is 4.29. The Balaban J connectivity index is 2.03. The number of aliphatic hydroxyl groups is 1. The van der Waals surface area contributed by atoms with Gasteiger partial charge in [0.25, 0.3) is 0 Å². The smallest absolute Gasteiger partial charge is 0.128 e. The van der Waals surface area contributed by atoms with Crippen molar-refractivity contribution < 1.29 is 14.9 Å². The number of fused-ring (bicyclic) bond motifs is 2. The summed E-state index contributed by atoms with van der Waals surface area (Å²) >= 11 is 2.15. The molecule has 22 heavy (non-hydrogen) atoms. The van der Waals surface area contributed by atoms with E-state index in [2.05, 4.69) is 49.4 Å². The predicted octanol–water partition coefficient (Wildman–Crippen LogP) is 3.90. The molecular formula is C18H23IO3. The van der Waals surface area contributed by atoms with Gasteiger partial charge in [0.15, 0.2) is 0 Å². The normalized spacial score (nSPS) is 37.8. The summed E-state index contributed by atoms with van der Waals surface area (Å²) in [5.74, 6) is 1.27. The average Bonchev–Trinajstić information content (AvgIpc) is 2.48. The van der Waals surface area contributed by atoms with Crippen molar-refractivity contribution in [2.75, 3.05) is 13.2 Å². The molecule has 0 amide bonds. The Morgan fingerprint density at radius 2 is 2.09 bits per heavy atom. The van der Waals surface area contributed by atoms with Crippen molar-refractivity contribution in [3.05, 3.63) is 39.0 Å². The molecule has 0 spiro atoms. The topological polar surface area (TPSA) is 49.7 Å². The Labute approximate surface area is 145 Å². The van der Waals surface area contributed by atoms with E-state index in [0.717, 1.165) is 9.13 Å². The number of phenols is 1. The first-order valence-electron chi connectivity index (χ1n) is 7.80. The molecule has 5 unspecified atom stereocenters. The van der Waals surface area contributed by atoms with Crippen LogP contribution in [0.5, 0.6) is 5.75 Å². The Hall–Kier alpha value is -0.590. The van der Waals surface area contributed by atoms with E-state index in [1.165, 1.54) is 5.57 Å². The van der Waals surface area contributed by atoms with Gasteiger partial charge in [0.1, 0.15) is 5.75 Å². The van der Waals surface area contributed by atoms with Gasteiger partial charge in [-0.2, -0.15) is 0 Å². The molecule has 120 valence electrons. The number of aromatic hydroxyl groups is 1. The first-order valence-corrected chi connectivity index (χ1v) is 8.88. The fourth-order valence-electron chi connectivity index (χ4n) is 4.29. The maximum Gasteiger partial charge on any atom is 0.128 e. The minimum atomic E-state index is -0.176. The van der Waals surface area contributed by atoms with Gasteiger partial charge in [-0.1, -0.05) is 31.6 Å². The van der Waals surface area contributed by atoms with Crippen molar-refractivity contribution >= 4 is 22.6 Å². The van der Waals surface area contributed by atoms with Gasteiger partial charge < -0.3 is 14.9 Å². The van der Waals surface area contributed by atoms with Crippen LogP contribution >= 0.6 is 22.6 Å². The van der Waals surface area contributed by atoms with Gasteiger partial charge in [-0.25, -0.2) is 0 Å². The van der Waals surface area contributed by atoms with E-state index in [1.807, 2.05) is 12.1 Å². The molecule has 3 rings (SSSR count). The van der Waals surface area contributed by atoms with Crippen molar-refractivity contribution in [1.82, 2.24) is 0 Å². The zero-order valence-corrected chi connectivity index (χ0v) is 15.4. The Morgan fingerprint density at radius 1 is 1.36 bits per heavy atom. The highest BCUT2D eigenvalue weighted by Gasteiger charge is 2.53. The SMILES string of the molecule is CC1=CC(C)C2(CO)COC(c3ccc(O)c(I)c3)C1C2C. The number of aliphatic hydroxyl groups excluding tert-OH is 1. The largest absolute Gasteiger partial charge is 0.507 e. The second-order valence-electron chi connectivity index (χ2n) is 6.85. The van der Waals surface area contributed by atoms with Crippen molar-refractivity contribution in [2.45, 2.75) is 26.9 Å². The van der Waals surface area contributed by atoms with Crippen LogP contribution < -0.4 is 0 Å². The van der Waals surface area contributed by atoms with E-state index in [1.54, 1.807) is 6.07 Å². The van der Waals surface area contributed by atoms with E-state index in [-0.39, 0.29) is 24.0 Å². The van der Waals surface area contributed by atoms with Crippen LogP contribution in [0.25, 0.3) is 0 Å². The molecule has 1 aliphatic heterocycles. The number of hydrogen-bond acceptors (Lipinski definition) is 3. The molecule has 5 atom stereocenters. The Bertz CT molecular complexity index is 612. The highest BCUT2D eigenvalue weighted by atomic mass is 127. The molecule has 4 heteroatoms. The summed E-state index contributed by atoms with van der Waals surface area (Å²) in [7, 11) is 0. The number of ether oxygens (including phenoxy) is 1. The molecular weight excluding hydrogens is 391 g/mol. The summed E-state index contributed by atoms with van der Waals surface area (Å²) in [6.07, 6.45) is 2.30. The zero-order chi connectivity index (χ0) is 16.1. The summed E-state index contributed by atoms with van der Waals surface area (Å²) in [6, 6.07) is 5.69. The second kappa shape index (κ2) is 5.80. The number of benzene rings is 1. The van der Waals surface area contributed by atoms with Gasteiger partial charge in [0.05, 0.1) is 22.9 Å². The minimum absolute atomic E-state index is 0.00691. The van der Waals surface area contributed by atoms with Crippen LogP contribution in [0, 0.1) is 26.7 Å². The Morgan fingerprint density at radius 3 is 2.73 bits per heavy atom. The maximum atomic E-state index is 10.0.